The molecular formula is C12H17F3N2O3S. The average Bonchev–Trinajstić information content (AvgIpc) is 2.83. The van der Waals surface area contributed by atoms with Crippen LogP contribution in [-0.2, 0) is 20.7 Å². The highest BCUT2D eigenvalue weighted by Crippen LogP contribution is 2.17. The lowest BCUT2D eigenvalue weighted by Crippen LogP contribution is -2.20. The van der Waals surface area contributed by atoms with E-state index in [1.807, 2.05) is 0 Å². The molecule has 0 aliphatic carbocycles. The minimum absolute atomic E-state index is 0.0583. The summed E-state index contributed by atoms with van der Waals surface area (Å²) < 4.78 is 44.7. The number of alkyl halides is 3. The molecule has 0 aromatic carbocycles. The minimum atomic E-state index is -4.30. The Labute approximate surface area is 124 Å². The maximum absolute atomic E-state index is 11.8. The van der Waals surface area contributed by atoms with Crippen LogP contribution >= 0.6 is 11.3 Å². The van der Waals surface area contributed by atoms with Crippen molar-refractivity contribution in [2.75, 3.05) is 31.7 Å². The van der Waals surface area contributed by atoms with Crippen LogP contribution in [0, 0.1) is 0 Å². The Bertz CT molecular complexity index is 438. The highest BCUT2D eigenvalue weighted by molar-refractivity contribution is 7.13. The summed E-state index contributed by atoms with van der Waals surface area (Å²) in [4.78, 5) is 15.4. The van der Waals surface area contributed by atoms with Crippen LogP contribution in [0.3, 0.4) is 0 Å². The van der Waals surface area contributed by atoms with Gasteiger partial charge < -0.3 is 14.8 Å². The van der Waals surface area contributed by atoms with Crippen LogP contribution in [0.25, 0.3) is 0 Å². The lowest BCUT2D eigenvalue weighted by molar-refractivity contribution is -0.172. The molecule has 0 aliphatic rings. The molecule has 0 amide bonds. The van der Waals surface area contributed by atoms with E-state index in [9.17, 15) is 18.0 Å². The molecule has 120 valence electrons. The number of hydrogen-bond acceptors (Lipinski definition) is 6. The van der Waals surface area contributed by atoms with Gasteiger partial charge in [0.1, 0.15) is 6.61 Å². The normalized spacial score (nSPS) is 11.4. The monoisotopic (exact) mass is 326 g/mol. The number of carbonyl (C=O) groups excluding carboxylic acids is 1. The van der Waals surface area contributed by atoms with Crippen molar-refractivity contribution < 1.29 is 27.4 Å². The number of nitrogens with zero attached hydrogens (tertiary/aromatic N) is 1. The van der Waals surface area contributed by atoms with Crippen LogP contribution in [0.4, 0.5) is 18.3 Å². The van der Waals surface area contributed by atoms with Gasteiger partial charge in [0, 0.05) is 18.3 Å². The second-order valence-corrected chi connectivity index (χ2v) is 4.90. The van der Waals surface area contributed by atoms with Crippen LogP contribution in [0.15, 0.2) is 5.38 Å². The summed E-state index contributed by atoms with van der Waals surface area (Å²) in [6.07, 6.45) is -3.57. The summed E-state index contributed by atoms with van der Waals surface area (Å²) in [5.74, 6) is -0.277. The van der Waals surface area contributed by atoms with E-state index in [-0.39, 0.29) is 25.5 Å². The number of thiazole rings is 1. The molecule has 0 saturated heterocycles. The van der Waals surface area contributed by atoms with E-state index in [0.29, 0.717) is 18.2 Å². The zero-order valence-electron chi connectivity index (χ0n) is 11.5. The number of halogens is 3. The van der Waals surface area contributed by atoms with Gasteiger partial charge in [0.05, 0.1) is 25.3 Å². The Balaban J connectivity index is 2.18. The van der Waals surface area contributed by atoms with Gasteiger partial charge >= 0.3 is 12.1 Å². The highest BCUT2D eigenvalue weighted by Gasteiger charge is 2.27. The number of rotatable bonds is 9. The molecular weight excluding hydrogens is 309 g/mol. The Kier molecular flexibility index (Phi) is 7.44. The second kappa shape index (κ2) is 8.83. The fourth-order valence-corrected chi connectivity index (χ4v) is 2.16. The van der Waals surface area contributed by atoms with Crippen molar-refractivity contribution in [1.82, 2.24) is 4.98 Å². The molecule has 1 aromatic heterocycles. The summed E-state index contributed by atoms with van der Waals surface area (Å²) in [5.41, 5.74) is 0.742. The minimum Gasteiger partial charge on any atom is -0.466 e. The van der Waals surface area contributed by atoms with Crippen LogP contribution in [-0.4, -0.2) is 43.5 Å². The zero-order chi connectivity index (χ0) is 15.7. The summed E-state index contributed by atoms with van der Waals surface area (Å²) >= 11 is 1.33. The number of aromatic nitrogens is 1. The largest absolute Gasteiger partial charge is 0.466 e. The van der Waals surface area contributed by atoms with Gasteiger partial charge in [0.15, 0.2) is 5.13 Å². The van der Waals surface area contributed by atoms with Crippen molar-refractivity contribution in [1.29, 1.82) is 0 Å². The van der Waals surface area contributed by atoms with Crippen LogP contribution in [0.1, 0.15) is 19.0 Å². The van der Waals surface area contributed by atoms with E-state index >= 15 is 0 Å². The number of esters is 1. The second-order valence-electron chi connectivity index (χ2n) is 4.04. The fraction of sp³-hybridized carbons (Fsp3) is 0.667. The molecule has 9 heteroatoms. The first-order chi connectivity index (χ1) is 9.90. The Morgan fingerprint density at radius 1 is 1.48 bits per heavy atom. The summed E-state index contributed by atoms with van der Waals surface area (Å²) in [6.45, 7) is 1.01. The molecule has 0 unspecified atom stereocenters. The SMILES string of the molecule is CCOC(=O)CCc1csc(NCCOCC(F)(F)F)n1. The van der Waals surface area contributed by atoms with Crippen molar-refractivity contribution in [2.45, 2.75) is 25.9 Å². The van der Waals surface area contributed by atoms with E-state index in [0.717, 1.165) is 5.69 Å². The van der Waals surface area contributed by atoms with E-state index in [1.54, 1.807) is 12.3 Å². The fourth-order valence-electron chi connectivity index (χ4n) is 1.38. The highest BCUT2D eigenvalue weighted by atomic mass is 32.1. The molecule has 1 aromatic rings. The number of ether oxygens (including phenoxy) is 2. The number of carbonyl (C=O) groups is 1. The maximum Gasteiger partial charge on any atom is 0.411 e. The summed E-state index contributed by atoms with van der Waals surface area (Å²) in [6, 6.07) is 0. The lowest BCUT2D eigenvalue weighted by atomic mass is 10.2. The molecule has 0 bridgehead atoms. The van der Waals surface area contributed by atoms with Crippen molar-refractivity contribution in [3.8, 4) is 0 Å². The van der Waals surface area contributed by atoms with Gasteiger partial charge in [-0.3, -0.25) is 4.79 Å². The number of aryl methyl sites for hydroxylation is 1. The summed E-state index contributed by atoms with van der Waals surface area (Å²) in [7, 11) is 0. The van der Waals surface area contributed by atoms with Gasteiger partial charge in [-0.15, -0.1) is 11.3 Å². The van der Waals surface area contributed by atoms with Gasteiger partial charge in [0.2, 0.25) is 0 Å². The molecule has 0 radical (unpaired) electrons. The molecule has 1 N–H and O–H groups in total. The number of anilines is 1. The lowest BCUT2D eigenvalue weighted by Gasteiger charge is -2.07. The molecule has 0 spiro atoms. The first-order valence-electron chi connectivity index (χ1n) is 6.39. The average molecular weight is 326 g/mol. The first kappa shape index (κ1) is 17.7. The number of hydrogen-bond donors (Lipinski definition) is 1. The standard InChI is InChI=1S/C12H17F3N2O3S/c1-2-20-10(18)4-3-9-7-21-11(17-9)16-5-6-19-8-12(13,14)15/h7H,2-6,8H2,1H3,(H,16,17). The Morgan fingerprint density at radius 2 is 2.24 bits per heavy atom. The van der Waals surface area contributed by atoms with Crippen molar-refractivity contribution in [3.05, 3.63) is 11.1 Å². The Morgan fingerprint density at radius 3 is 2.90 bits per heavy atom. The molecule has 0 aliphatic heterocycles. The molecule has 1 rings (SSSR count). The van der Waals surface area contributed by atoms with Crippen molar-refractivity contribution >= 4 is 22.4 Å². The number of nitrogens with one attached hydrogen (secondary N) is 1. The Hall–Kier alpha value is -1.35. The third-order valence-electron chi connectivity index (χ3n) is 2.23. The smallest absolute Gasteiger partial charge is 0.411 e. The first-order valence-corrected chi connectivity index (χ1v) is 7.27. The van der Waals surface area contributed by atoms with Gasteiger partial charge in [-0.05, 0) is 6.92 Å². The van der Waals surface area contributed by atoms with Crippen LogP contribution in [0.2, 0.25) is 0 Å². The van der Waals surface area contributed by atoms with E-state index < -0.39 is 12.8 Å². The van der Waals surface area contributed by atoms with Gasteiger partial charge in [-0.1, -0.05) is 0 Å². The summed E-state index contributed by atoms with van der Waals surface area (Å²) in [5, 5.41) is 5.24. The van der Waals surface area contributed by atoms with Gasteiger partial charge in [-0.2, -0.15) is 13.2 Å². The van der Waals surface area contributed by atoms with E-state index in [4.69, 9.17) is 4.74 Å². The molecule has 0 fully saturated rings. The molecule has 5 nitrogen and oxygen atoms in total. The van der Waals surface area contributed by atoms with Crippen molar-refractivity contribution in [2.24, 2.45) is 0 Å². The third-order valence-corrected chi connectivity index (χ3v) is 3.08. The van der Waals surface area contributed by atoms with E-state index in [1.165, 1.54) is 11.3 Å². The predicted octanol–water partition coefficient (Wildman–Crippen LogP) is 2.63. The zero-order valence-corrected chi connectivity index (χ0v) is 12.4. The van der Waals surface area contributed by atoms with Gasteiger partial charge in [-0.25, -0.2) is 4.98 Å². The van der Waals surface area contributed by atoms with E-state index in [2.05, 4.69) is 15.0 Å². The predicted molar refractivity (Wildman–Crippen MR) is 72.4 cm³/mol. The molecule has 1 heterocycles. The van der Waals surface area contributed by atoms with Crippen LogP contribution in [0.5, 0.6) is 0 Å². The molecule has 0 atom stereocenters. The van der Waals surface area contributed by atoms with Gasteiger partial charge in [0.25, 0.3) is 0 Å². The third kappa shape index (κ3) is 8.51. The quantitative estimate of drug-likeness (QED) is 0.558. The van der Waals surface area contributed by atoms with Crippen molar-refractivity contribution in [3.63, 3.8) is 0 Å². The molecule has 21 heavy (non-hydrogen) atoms. The molecule has 0 saturated carbocycles. The topological polar surface area (TPSA) is 60.5 Å². The van der Waals surface area contributed by atoms with Crippen LogP contribution < -0.4 is 5.32 Å². The maximum atomic E-state index is 11.8.